The van der Waals surface area contributed by atoms with Gasteiger partial charge in [-0.15, -0.1) is 0 Å². The first-order chi connectivity index (χ1) is 13.7. The highest BCUT2D eigenvalue weighted by Crippen LogP contribution is 2.35. The van der Waals surface area contributed by atoms with Gasteiger partial charge in [-0.25, -0.2) is 4.98 Å². The van der Waals surface area contributed by atoms with Crippen LogP contribution < -0.4 is 4.90 Å². The lowest BCUT2D eigenvalue weighted by Gasteiger charge is -2.29. The molecule has 28 heavy (non-hydrogen) atoms. The topological polar surface area (TPSA) is 45.9 Å². The fourth-order valence-corrected chi connectivity index (χ4v) is 4.50. The van der Waals surface area contributed by atoms with Crippen molar-refractivity contribution in [3.63, 3.8) is 0 Å². The molecule has 5 rings (SSSR count). The van der Waals surface area contributed by atoms with Gasteiger partial charge in [-0.1, -0.05) is 30.3 Å². The number of hydrogen-bond donors (Lipinski definition) is 0. The predicted octanol–water partition coefficient (Wildman–Crippen LogP) is 2.71. The number of aryl methyl sites for hydroxylation is 2. The van der Waals surface area contributed by atoms with Crippen LogP contribution in [0, 0.1) is 13.8 Å². The normalized spacial score (nSPS) is 17.4. The molecule has 4 heterocycles. The fraction of sp³-hybridized carbons (Fsp3) is 0.455. The number of aromatic nitrogens is 3. The average molecular weight is 377 g/mol. The van der Waals surface area contributed by atoms with Crippen molar-refractivity contribution in [2.75, 3.05) is 50.8 Å². The zero-order chi connectivity index (χ0) is 19.1. The Morgan fingerprint density at radius 2 is 1.75 bits per heavy atom. The molecule has 3 aromatic rings. The first-order valence-electron chi connectivity index (χ1n) is 10.2. The van der Waals surface area contributed by atoms with Gasteiger partial charge in [-0.2, -0.15) is 9.61 Å². The van der Waals surface area contributed by atoms with Crippen LogP contribution >= 0.6 is 0 Å². The van der Waals surface area contributed by atoms with Crippen LogP contribution in [0.1, 0.15) is 17.0 Å². The van der Waals surface area contributed by atoms with Crippen LogP contribution in [0.5, 0.6) is 0 Å². The minimum atomic E-state index is 0.850. The van der Waals surface area contributed by atoms with Crippen molar-refractivity contribution in [1.29, 1.82) is 0 Å². The van der Waals surface area contributed by atoms with E-state index in [1.165, 1.54) is 16.9 Å². The van der Waals surface area contributed by atoms with Crippen LogP contribution in [0.15, 0.2) is 30.3 Å². The third-order valence-electron chi connectivity index (χ3n) is 6.00. The van der Waals surface area contributed by atoms with E-state index in [-0.39, 0.29) is 0 Å². The third kappa shape index (κ3) is 2.97. The fourth-order valence-electron chi connectivity index (χ4n) is 4.50. The van der Waals surface area contributed by atoms with Crippen LogP contribution in [-0.2, 0) is 11.2 Å². The Kier molecular flexibility index (Phi) is 4.53. The SMILES string of the molecule is Cc1nc2c(-c3ccccc3)c(C)nn2c2c1CCN2CCN1CCOCC1. The van der Waals surface area contributed by atoms with Gasteiger partial charge in [0.2, 0.25) is 0 Å². The molecule has 2 aliphatic heterocycles. The molecule has 0 N–H and O–H groups in total. The van der Waals surface area contributed by atoms with E-state index in [2.05, 4.69) is 52.4 Å². The summed E-state index contributed by atoms with van der Waals surface area (Å²) in [6.07, 6.45) is 1.05. The molecule has 0 aliphatic carbocycles. The zero-order valence-electron chi connectivity index (χ0n) is 16.7. The van der Waals surface area contributed by atoms with Gasteiger partial charge in [0.25, 0.3) is 0 Å². The summed E-state index contributed by atoms with van der Waals surface area (Å²) in [6.45, 7) is 11.1. The van der Waals surface area contributed by atoms with Crippen LogP contribution in [0.3, 0.4) is 0 Å². The number of ether oxygens (including phenoxy) is 1. The highest BCUT2D eigenvalue weighted by Gasteiger charge is 2.28. The Morgan fingerprint density at radius 1 is 0.964 bits per heavy atom. The molecule has 2 aromatic heterocycles. The quantitative estimate of drug-likeness (QED) is 0.700. The van der Waals surface area contributed by atoms with E-state index in [0.29, 0.717) is 0 Å². The van der Waals surface area contributed by atoms with Gasteiger partial charge < -0.3 is 9.64 Å². The lowest BCUT2D eigenvalue weighted by Crippen LogP contribution is -2.41. The Morgan fingerprint density at radius 3 is 2.54 bits per heavy atom. The molecule has 2 aliphatic rings. The first-order valence-corrected chi connectivity index (χ1v) is 10.2. The minimum Gasteiger partial charge on any atom is -0.379 e. The highest BCUT2D eigenvalue weighted by atomic mass is 16.5. The molecule has 0 atom stereocenters. The van der Waals surface area contributed by atoms with Crippen molar-refractivity contribution in [2.24, 2.45) is 0 Å². The van der Waals surface area contributed by atoms with Crippen LogP contribution in [0.2, 0.25) is 0 Å². The number of benzene rings is 1. The Hall–Kier alpha value is -2.44. The molecule has 1 aromatic carbocycles. The van der Waals surface area contributed by atoms with Crippen LogP contribution in [0.25, 0.3) is 16.8 Å². The van der Waals surface area contributed by atoms with E-state index in [1.54, 1.807) is 0 Å². The highest BCUT2D eigenvalue weighted by molar-refractivity contribution is 5.81. The number of hydrogen-bond acceptors (Lipinski definition) is 5. The number of morpholine rings is 1. The van der Waals surface area contributed by atoms with Crippen molar-refractivity contribution in [3.8, 4) is 11.1 Å². The molecule has 0 amide bonds. The molecule has 1 fully saturated rings. The predicted molar refractivity (Wildman–Crippen MR) is 111 cm³/mol. The van der Waals surface area contributed by atoms with Gasteiger partial charge in [0.05, 0.1) is 18.9 Å². The van der Waals surface area contributed by atoms with Crippen molar-refractivity contribution in [2.45, 2.75) is 20.3 Å². The van der Waals surface area contributed by atoms with E-state index in [0.717, 1.165) is 75.0 Å². The zero-order valence-corrected chi connectivity index (χ0v) is 16.7. The van der Waals surface area contributed by atoms with Gasteiger partial charge >= 0.3 is 0 Å². The summed E-state index contributed by atoms with van der Waals surface area (Å²) in [6, 6.07) is 10.5. The molecule has 0 bridgehead atoms. The number of nitrogens with zero attached hydrogens (tertiary/aromatic N) is 5. The molecular weight excluding hydrogens is 350 g/mol. The van der Waals surface area contributed by atoms with Gasteiger partial charge in [-0.05, 0) is 25.8 Å². The summed E-state index contributed by atoms with van der Waals surface area (Å²) >= 11 is 0. The molecule has 0 radical (unpaired) electrons. The summed E-state index contributed by atoms with van der Waals surface area (Å²) < 4.78 is 7.57. The standard InChI is InChI=1S/C22H27N5O/c1-16-19-8-9-26(11-10-25-12-14-28-15-13-25)22(19)27-21(23-16)20(17(2)24-27)18-6-4-3-5-7-18/h3-7H,8-15H2,1-2H3. The van der Waals surface area contributed by atoms with Gasteiger partial charge in [0.1, 0.15) is 5.82 Å². The van der Waals surface area contributed by atoms with E-state index in [4.69, 9.17) is 14.8 Å². The lowest BCUT2D eigenvalue weighted by atomic mass is 10.1. The molecule has 0 spiro atoms. The summed E-state index contributed by atoms with van der Waals surface area (Å²) in [5, 5.41) is 4.93. The molecule has 146 valence electrons. The van der Waals surface area contributed by atoms with E-state index < -0.39 is 0 Å². The summed E-state index contributed by atoms with van der Waals surface area (Å²) in [5.74, 6) is 1.24. The van der Waals surface area contributed by atoms with E-state index in [1.807, 2.05) is 6.07 Å². The first kappa shape index (κ1) is 17.6. The number of anilines is 1. The van der Waals surface area contributed by atoms with E-state index in [9.17, 15) is 0 Å². The van der Waals surface area contributed by atoms with Crippen molar-refractivity contribution in [1.82, 2.24) is 19.5 Å². The van der Waals surface area contributed by atoms with Crippen molar-refractivity contribution < 1.29 is 4.74 Å². The van der Waals surface area contributed by atoms with E-state index >= 15 is 0 Å². The summed E-state index contributed by atoms with van der Waals surface area (Å²) in [7, 11) is 0. The summed E-state index contributed by atoms with van der Waals surface area (Å²) in [4.78, 5) is 9.97. The maximum absolute atomic E-state index is 5.48. The van der Waals surface area contributed by atoms with Crippen LogP contribution in [0.4, 0.5) is 5.82 Å². The smallest absolute Gasteiger partial charge is 0.165 e. The van der Waals surface area contributed by atoms with Crippen LogP contribution in [-0.4, -0.2) is 65.4 Å². The molecule has 1 saturated heterocycles. The molecule has 6 nitrogen and oxygen atoms in total. The maximum Gasteiger partial charge on any atom is 0.165 e. The second-order valence-electron chi connectivity index (χ2n) is 7.75. The third-order valence-corrected chi connectivity index (χ3v) is 6.00. The Balaban J connectivity index is 1.53. The lowest BCUT2D eigenvalue weighted by molar-refractivity contribution is 0.0392. The van der Waals surface area contributed by atoms with Crippen molar-refractivity contribution in [3.05, 3.63) is 47.3 Å². The molecule has 6 heteroatoms. The summed E-state index contributed by atoms with van der Waals surface area (Å²) in [5.41, 5.74) is 6.81. The second-order valence-corrected chi connectivity index (χ2v) is 7.75. The Bertz CT molecular complexity index is 991. The number of rotatable bonds is 4. The monoisotopic (exact) mass is 377 g/mol. The van der Waals surface area contributed by atoms with Gasteiger partial charge in [0.15, 0.2) is 5.65 Å². The second kappa shape index (κ2) is 7.18. The number of fused-ring (bicyclic) bond motifs is 3. The minimum absolute atomic E-state index is 0.850. The largest absolute Gasteiger partial charge is 0.379 e. The molecule has 0 unspecified atom stereocenters. The van der Waals surface area contributed by atoms with Gasteiger partial charge in [-0.3, -0.25) is 4.90 Å². The molecular formula is C22H27N5O. The average Bonchev–Trinajstić information content (AvgIpc) is 3.29. The van der Waals surface area contributed by atoms with Gasteiger partial charge in [0, 0.05) is 49.5 Å². The Labute approximate surface area is 165 Å². The van der Waals surface area contributed by atoms with Crippen molar-refractivity contribution >= 4 is 11.5 Å². The molecule has 0 saturated carbocycles. The maximum atomic E-state index is 5.48.